The monoisotopic (exact) mass is 267 g/mol. The molecular weight excluding hydrogens is 250 g/mol. The van der Waals surface area contributed by atoms with Crippen molar-refractivity contribution < 1.29 is 4.79 Å². The van der Waals surface area contributed by atoms with Crippen LogP contribution in [0.15, 0.2) is 0 Å². The van der Waals surface area contributed by atoms with Crippen LogP contribution >= 0.6 is 11.3 Å². The molecule has 0 saturated heterocycles. The topological polar surface area (TPSA) is 72.2 Å². The zero-order valence-corrected chi connectivity index (χ0v) is 11.6. The Morgan fingerprint density at radius 3 is 2.89 bits per heavy atom. The number of anilines is 1. The van der Waals surface area contributed by atoms with Gasteiger partial charge in [-0.05, 0) is 12.3 Å². The first-order valence-electron chi connectivity index (χ1n) is 6.11. The zero-order chi connectivity index (χ0) is 13.1. The minimum Gasteiger partial charge on any atom is -0.301 e. The molecule has 0 fully saturated rings. The van der Waals surface area contributed by atoms with Gasteiger partial charge in [-0.1, -0.05) is 32.1 Å². The largest absolute Gasteiger partial charge is 0.301 e. The summed E-state index contributed by atoms with van der Waals surface area (Å²) in [7, 11) is 0. The Morgan fingerprint density at radius 2 is 2.22 bits per heavy atom. The van der Waals surface area contributed by atoms with Crippen LogP contribution in [-0.2, 0) is 11.2 Å². The summed E-state index contributed by atoms with van der Waals surface area (Å²) in [6.45, 7) is 6.22. The van der Waals surface area contributed by atoms with Gasteiger partial charge in [-0.3, -0.25) is 4.79 Å². The van der Waals surface area contributed by atoms with E-state index in [0.29, 0.717) is 17.5 Å². The summed E-state index contributed by atoms with van der Waals surface area (Å²) in [5, 5.41) is 15.9. The highest BCUT2D eigenvalue weighted by atomic mass is 32.1. The Labute approximate surface area is 109 Å². The fraction of sp³-hybridized carbons (Fsp3) is 0.636. The molecule has 0 atom stereocenters. The maximum atomic E-state index is 11.5. The fourth-order valence-corrected chi connectivity index (χ4v) is 2.38. The molecule has 0 aliphatic rings. The van der Waals surface area contributed by atoms with Gasteiger partial charge < -0.3 is 5.32 Å². The minimum absolute atomic E-state index is 0.00660. The highest BCUT2D eigenvalue weighted by Crippen LogP contribution is 2.19. The second-order valence-electron chi connectivity index (χ2n) is 4.61. The SMILES string of the molecule is CCCC(=O)Nc1nn2c(CC(C)C)nnc2s1. The van der Waals surface area contributed by atoms with Gasteiger partial charge in [-0.15, -0.1) is 15.3 Å². The zero-order valence-electron chi connectivity index (χ0n) is 10.8. The van der Waals surface area contributed by atoms with Crippen molar-refractivity contribution in [3.8, 4) is 0 Å². The number of carbonyl (C=O) groups excluding carboxylic acids is 1. The number of hydrogen-bond donors (Lipinski definition) is 1. The van der Waals surface area contributed by atoms with Crippen molar-refractivity contribution in [1.29, 1.82) is 0 Å². The van der Waals surface area contributed by atoms with Crippen molar-refractivity contribution in [1.82, 2.24) is 19.8 Å². The molecule has 0 saturated carbocycles. The van der Waals surface area contributed by atoms with Crippen molar-refractivity contribution >= 4 is 27.3 Å². The van der Waals surface area contributed by atoms with Crippen LogP contribution in [0.3, 0.4) is 0 Å². The van der Waals surface area contributed by atoms with E-state index in [1.807, 2.05) is 6.92 Å². The number of amides is 1. The Balaban J connectivity index is 2.17. The molecular formula is C11H17N5OS. The van der Waals surface area contributed by atoms with Gasteiger partial charge in [0, 0.05) is 12.8 Å². The van der Waals surface area contributed by atoms with Crippen LogP contribution in [0, 0.1) is 5.92 Å². The summed E-state index contributed by atoms with van der Waals surface area (Å²) in [6, 6.07) is 0. The van der Waals surface area contributed by atoms with E-state index in [4.69, 9.17) is 0 Å². The van der Waals surface area contributed by atoms with Crippen molar-refractivity contribution in [2.45, 2.75) is 40.0 Å². The van der Waals surface area contributed by atoms with Gasteiger partial charge in [-0.25, -0.2) is 0 Å². The van der Waals surface area contributed by atoms with Crippen LogP contribution in [-0.4, -0.2) is 25.7 Å². The molecule has 0 spiro atoms. The summed E-state index contributed by atoms with van der Waals surface area (Å²) >= 11 is 1.35. The van der Waals surface area contributed by atoms with Crippen LogP contribution in [0.25, 0.3) is 4.96 Å². The number of carbonyl (C=O) groups is 1. The molecule has 1 N–H and O–H groups in total. The Hall–Kier alpha value is -1.50. The molecule has 98 valence electrons. The number of fused-ring (bicyclic) bond motifs is 1. The first-order chi connectivity index (χ1) is 8.60. The number of nitrogens with zero attached hydrogens (tertiary/aromatic N) is 4. The first-order valence-corrected chi connectivity index (χ1v) is 6.92. The first kappa shape index (κ1) is 12.9. The van der Waals surface area contributed by atoms with Crippen molar-refractivity contribution in [2.24, 2.45) is 5.92 Å². The maximum Gasteiger partial charge on any atom is 0.236 e. The number of aromatic nitrogens is 4. The van der Waals surface area contributed by atoms with Gasteiger partial charge in [0.2, 0.25) is 16.0 Å². The van der Waals surface area contributed by atoms with Crippen molar-refractivity contribution in [3.63, 3.8) is 0 Å². The molecule has 0 aliphatic carbocycles. The molecule has 7 heteroatoms. The lowest BCUT2D eigenvalue weighted by Gasteiger charge is -2.00. The van der Waals surface area contributed by atoms with E-state index in [9.17, 15) is 4.79 Å². The van der Waals surface area contributed by atoms with Gasteiger partial charge in [0.05, 0.1) is 0 Å². The Morgan fingerprint density at radius 1 is 1.44 bits per heavy atom. The van der Waals surface area contributed by atoms with E-state index in [1.165, 1.54) is 11.3 Å². The van der Waals surface area contributed by atoms with Gasteiger partial charge in [0.25, 0.3) is 0 Å². The third-order valence-corrected chi connectivity index (χ3v) is 3.18. The van der Waals surface area contributed by atoms with Crippen LogP contribution in [0.1, 0.15) is 39.4 Å². The predicted molar refractivity (Wildman–Crippen MR) is 70.7 cm³/mol. The van der Waals surface area contributed by atoms with Crippen molar-refractivity contribution in [2.75, 3.05) is 5.32 Å². The summed E-state index contributed by atoms with van der Waals surface area (Å²) in [4.78, 5) is 12.2. The average Bonchev–Trinajstić information content (AvgIpc) is 2.80. The summed E-state index contributed by atoms with van der Waals surface area (Å²) in [5.41, 5.74) is 0. The molecule has 2 aromatic rings. The lowest BCUT2D eigenvalue weighted by atomic mass is 10.1. The summed E-state index contributed by atoms with van der Waals surface area (Å²) in [6.07, 6.45) is 2.17. The Bertz CT molecular complexity index is 545. The normalized spacial score (nSPS) is 11.3. The van der Waals surface area contributed by atoms with E-state index < -0.39 is 0 Å². The van der Waals surface area contributed by atoms with E-state index in [-0.39, 0.29) is 5.91 Å². The maximum absolute atomic E-state index is 11.5. The molecule has 0 aliphatic heterocycles. The third kappa shape index (κ3) is 2.84. The van der Waals surface area contributed by atoms with E-state index in [2.05, 4.69) is 34.5 Å². The van der Waals surface area contributed by atoms with Gasteiger partial charge in [0.15, 0.2) is 5.82 Å². The van der Waals surface area contributed by atoms with Gasteiger partial charge in [0.1, 0.15) is 0 Å². The number of nitrogens with one attached hydrogen (secondary N) is 1. The summed E-state index contributed by atoms with van der Waals surface area (Å²) in [5.74, 6) is 1.33. The highest BCUT2D eigenvalue weighted by molar-refractivity contribution is 7.20. The molecule has 0 radical (unpaired) electrons. The van der Waals surface area contributed by atoms with E-state index in [1.54, 1.807) is 4.52 Å². The van der Waals surface area contributed by atoms with Crippen LogP contribution in [0.4, 0.5) is 5.13 Å². The quantitative estimate of drug-likeness (QED) is 0.900. The second-order valence-corrected chi connectivity index (χ2v) is 5.57. The smallest absolute Gasteiger partial charge is 0.236 e. The predicted octanol–water partition coefficient (Wildman–Crippen LogP) is 2.12. The third-order valence-electron chi connectivity index (χ3n) is 2.37. The summed E-state index contributed by atoms with van der Waals surface area (Å²) < 4.78 is 1.71. The minimum atomic E-state index is -0.00660. The molecule has 1 amide bonds. The molecule has 18 heavy (non-hydrogen) atoms. The molecule has 0 unspecified atom stereocenters. The molecule has 2 aromatic heterocycles. The standard InChI is InChI=1S/C11H17N5OS/c1-4-5-9(17)12-10-15-16-8(6-7(2)3)13-14-11(16)18-10/h7H,4-6H2,1-3H3,(H,12,15,17). The molecule has 2 heterocycles. The van der Waals surface area contributed by atoms with E-state index >= 15 is 0 Å². The van der Waals surface area contributed by atoms with Crippen LogP contribution in [0.5, 0.6) is 0 Å². The van der Waals surface area contributed by atoms with Gasteiger partial charge >= 0.3 is 0 Å². The van der Waals surface area contributed by atoms with Gasteiger partial charge in [-0.2, -0.15) is 4.52 Å². The Kier molecular flexibility index (Phi) is 3.90. The lowest BCUT2D eigenvalue weighted by Crippen LogP contribution is -2.11. The number of hydrogen-bond acceptors (Lipinski definition) is 5. The molecule has 6 nitrogen and oxygen atoms in total. The lowest BCUT2D eigenvalue weighted by molar-refractivity contribution is -0.116. The second kappa shape index (κ2) is 5.43. The molecule has 2 rings (SSSR count). The number of rotatable bonds is 5. The molecule has 0 aromatic carbocycles. The van der Waals surface area contributed by atoms with Crippen LogP contribution in [0.2, 0.25) is 0 Å². The van der Waals surface area contributed by atoms with E-state index in [0.717, 1.165) is 23.6 Å². The molecule has 0 bridgehead atoms. The van der Waals surface area contributed by atoms with Crippen LogP contribution < -0.4 is 5.32 Å². The van der Waals surface area contributed by atoms with Crippen molar-refractivity contribution in [3.05, 3.63) is 5.82 Å². The highest BCUT2D eigenvalue weighted by Gasteiger charge is 2.13. The fourth-order valence-electron chi connectivity index (χ4n) is 1.61. The average molecular weight is 267 g/mol.